The van der Waals surface area contributed by atoms with E-state index in [1.165, 1.54) is 0 Å². The molecule has 1 aliphatic heterocycles. The highest BCUT2D eigenvalue weighted by Gasteiger charge is 2.12. The molecular formula is C19H19N5O2. The number of nitrogens with two attached hydrogens (primary N) is 1. The highest BCUT2D eigenvalue weighted by Crippen LogP contribution is 2.24. The fraction of sp³-hybridized carbons (Fsp3) is 0.211. The number of nitrogen functional groups attached to an aromatic ring is 1. The number of anilines is 4. The molecule has 0 atom stereocenters. The van der Waals surface area contributed by atoms with E-state index in [1.807, 2.05) is 24.3 Å². The number of nitrogens with one attached hydrogen (secondary N) is 1. The van der Waals surface area contributed by atoms with Gasteiger partial charge in [0.05, 0.1) is 24.2 Å². The summed E-state index contributed by atoms with van der Waals surface area (Å²) in [5.41, 5.74) is 9.87. The molecular weight excluding hydrogens is 330 g/mol. The molecule has 0 spiro atoms. The van der Waals surface area contributed by atoms with Crippen LogP contribution in [0.3, 0.4) is 0 Å². The average molecular weight is 349 g/mol. The third-order valence-corrected chi connectivity index (χ3v) is 4.33. The fourth-order valence-electron chi connectivity index (χ4n) is 2.97. The molecule has 0 unspecified atom stereocenters. The average Bonchev–Trinajstić information content (AvgIpc) is 2.69. The number of benzene rings is 2. The molecule has 26 heavy (non-hydrogen) atoms. The van der Waals surface area contributed by atoms with Crippen LogP contribution in [0.5, 0.6) is 0 Å². The van der Waals surface area contributed by atoms with Gasteiger partial charge in [0.1, 0.15) is 5.69 Å². The molecule has 7 heteroatoms. The Morgan fingerprint density at radius 3 is 2.54 bits per heavy atom. The molecule has 0 aliphatic carbocycles. The fourth-order valence-corrected chi connectivity index (χ4v) is 2.97. The van der Waals surface area contributed by atoms with Crippen LogP contribution in [0.2, 0.25) is 0 Å². The van der Waals surface area contributed by atoms with Crippen LogP contribution in [0.1, 0.15) is 10.5 Å². The van der Waals surface area contributed by atoms with Crippen molar-refractivity contribution in [2.45, 2.75) is 0 Å². The quantitative estimate of drug-likeness (QED) is 0.552. The van der Waals surface area contributed by atoms with Gasteiger partial charge >= 0.3 is 0 Å². The van der Waals surface area contributed by atoms with Crippen molar-refractivity contribution in [1.29, 1.82) is 0 Å². The molecule has 1 fully saturated rings. The second kappa shape index (κ2) is 6.97. The van der Waals surface area contributed by atoms with Gasteiger partial charge in [0, 0.05) is 30.2 Å². The Balaban J connectivity index is 1.59. The van der Waals surface area contributed by atoms with E-state index in [-0.39, 0.29) is 5.69 Å². The lowest BCUT2D eigenvalue weighted by Crippen LogP contribution is -2.36. The van der Waals surface area contributed by atoms with Crippen molar-refractivity contribution in [1.82, 2.24) is 9.97 Å². The molecule has 1 aromatic heterocycles. The van der Waals surface area contributed by atoms with E-state index in [1.54, 1.807) is 18.2 Å². The first-order valence-electron chi connectivity index (χ1n) is 8.45. The molecule has 2 heterocycles. The first-order chi connectivity index (χ1) is 12.7. The summed E-state index contributed by atoms with van der Waals surface area (Å²) in [7, 11) is 0. The van der Waals surface area contributed by atoms with Crippen LogP contribution in [-0.4, -0.2) is 42.6 Å². The van der Waals surface area contributed by atoms with Crippen molar-refractivity contribution in [2.24, 2.45) is 0 Å². The number of aromatic nitrogens is 2. The summed E-state index contributed by atoms with van der Waals surface area (Å²) in [6, 6.07) is 13.3. The van der Waals surface area contributed by atoms with Crippen molar-refractivity contribution < 1.29 is 9.53 Å². The molecule has 4 rings (SSSR count). The molecule has 3 aromatic rings. The van der Waals surface area contributed by atoms with Crippen molar-refractivity contribution >= 4 is 40.2 Å². The van der Waals surface area contributed by atoms with Gasteiger partial charge in [-0.05, 0) is 42.5 Å². The number of hydrogen-bond donors (Lipinski definition) is 2. The summed E-state index contributed by atoms with van der Waals surface area (Å²) >= 11 is 0. The molecule has 0 bridgehead atoms. The van der Waals surface area contributed by atoms with Crippen LogP contribution < -0.4 is 16.0 Å². The highest BCUT2D eigenvalue weighted by atomic mass is 16.5. The summed E-state index contributed by atoms with van der Waals surface area (Å²) in [4.78, 5) is 22.6. The van der Waals surface area contributed by atoms with Gasteiger partial charge in [-0.1, -0.05) is 0 Å². The third-order valence-electron chi connectivity index (χ3n) is 4.33. The molecule has 0 saturated carbocycles. The predicted molar refractivity (Wildman–Crippen MR) is 102 cm³/mol. The maximum Gasteiger partial charge on any atom is 0.172 e. The number of nitrogens with zero attached hydrogens (tertiary/aromatic N) is 3. The smallest absolute Gasteiger partial charge is 0.172 e. The SMILES string of the molecule is Nc1ccc2nc(Nc3ccc(N4CCOCC4)cc3)c(C=O)nc2c1. The first kappa shape index (κ1) is 16.3. The Morgan fingerprint density at radius 1 is 1.04 bits per heavy atom. The van der Waals surface area contributed by atoms with Crippen molar-refractivity contribution in [3.63, 3.8) is 0 Å². The molecule has 0 radical (unpaired) electrons. The summed E-state index contributed by atoms with van der Waals surface area (Å²) in [5.74, 6) is 0.427. The standard InChI is InChI=1S/C19H19N5O2/c20-13-1-6-16-17(11-13)22-18(12-25)19(23-16)21-14-2-4-15(5-3-14)24-7-9-26-10-8-24/h1-6,11-12H,7-10,20H2,(H,21,23). The van der Waals surface area contributed by atoms with Gasteiger partial charge in [-0.15, -0.1) is 0 Å². The lowest BCUT2D eigenvalue weighted by Gasteiger charge is -2.28. The minimum atomic E-state index is 0.250. The number of hydrogen-bond acceptors (Lipinski definition) is 7. The zero-order valence-corrected chi connectivity index (χ0v) is 14.2. The lowest BCUT2D eigenvalue weighted by molar-refractivity contribution is 0.112. The van der Waals surface area contributed by atoms with Gasteiger partial charge in [0.2, 0.25) is 0 Å². The van der Waals surface area contributed by atoms with Gasteiger partial charge in [-0.2, -0.15) is 0 Å². The Hall–Kier alpha value is -3.19. The van der Waals surface area contributed by atoms with Crippen LogP contribution in [0.25, 0.3) is 11.0 Å². The van der Waals surface area contributed by atoms with E-state index in [9.17, 15) is 4.79 Å². The summed E-state index contributed by atoms with van der Waals surface area (Å²) in [6.45, 7) is 3.28. The molecule has 1 saturated heterocycles. The van der Waals surface area contributed by atoms with E-state index in [0.717, 1.165) is 37.7 Å². The van der Waals surface area contributed by atoms with Crippen molar-refractivity contribution in [3.05, 3.63) is 48.2 Å². The van der Waals surface area contributed by atoms with E-state index in [4.69, 9.17) is 10.5 Å². The van der Waals surface area contributed by atoms with Gasteiger partial charge < -0.3 is 20.7 Å². The number of fused-ring (bicyclic) bond motifs is 1. The van der Waals surface area contributed by atoms with Crippen LogP contribution in [0.4, 0.5) is 22.9 Å². The second-order valence-corrected chi connectivity index (χ2v) is 6.09. The Kier molecular flexibility index (Phi) is 4.37. The van der Waals surface area contributed by atoms with Crippen molar-refractivity contribution in [3.8, 4) is 0 Å². The number of ether oxygens (including phenoxy) is 1. The highest BCUT2D eigenvalue weighted by molar-refractivity contribution is 5.88. The zero-order chi connectivity index (χ0) is 17.9. The van der Waals surface area contributed by atoms with E-state index in [2.05, 4.69) is 20.2 Å². The minimum Gasteiger partial charge on any atom is -0.399 e. The first-order valence-corrected chi connectivity index (χ1v) is 8.45. The third kappa shape index (κ3) is 3.29. The topological polar surface area (TPSA) is 93.4 Å². The number of morpholine rings is 1. The Morgan fingerprint density at radius 2 is 1.81 bits per heavy atom. The summed E-state index contributed by atoms with van der Waals surface area (Å²) in [6.07, 6.45) is 0.695. The number of rotatable bonds is 4. The van der Waals surface area contributed by atoms with Gasteiger partial charge in [-0.25, -0.2) is 9.97 Å². The molecule has 3 N–H and O–H groups in total. The van der Waals surface area contributed by atoms with Crippen LogP contribution in [0, 0.1) is 0 Å². The zero-order valence-electron chi connectivity index (χ0n) is 14.2. The maximum absolute atomic E-state index is 11.4. The summed E-state index contributed by atoms with van der Waals surface area (Å²) in [5, 5.41) is 3.18. The van der Waals surface area contributed by atoms with Gasteiger partial charge in [-0.3, -0.25) is 4.79 Å². The maximum atomic E-state index is 11.4. The number of aldehydes is 1. The molecule has 132 valence electrons. The van der Waals surface area contributed by atoms with Crippen LogP contribution >= 0.6 is 0 Å². The van der Waals surface area contributed by atoms with Gasteiger partial charge in [0.15, 0.2) is 12.1 Å². The van der Waals surface area contributed by atoms with Crippen LogP contribution in [0.15, 0.2) is 42.5 Å². The Labute approximate surface area is 150 Å². The number of carbonyl (C=O) groups is 1. The monoisotopic (exact) mass is 349 g/mol. The molecule has 7 nitrogen and oxygen atoms in total. The van der Waals surface area contributed by atoms with E-state index in [0.29, 0.717) is 28.8 Å². The molecule has 1 aliphatic rings. The van der Waals surface area contributed by atoms with E-state index < -0.39 is 0 Å². The predicted octanol–water partition coefficient (Wildman–Crippen LogP) is 2.60. The molecule has 2 aromatic carbocycles. The summed E-state index contributed by atoms with van der Waals surface area (Å²) < 4.78 is 5.38. The van der Waals surface area contributed by atoms with Gasteiger partial charge in [0.25, 0.3) is 0 Å². The Bertz CT molecular complexity index is 937. The van der Waals surface area contributed by atoms with E-state index >= 15 is 0 Å². The molecule has 0 amide bonds. The van der Waals surface area contributed by atoms with Crippen LogP contribution in [-0.2, 0) is 4.74 Å². The van der Waals surface area contributed by atoms with Crippen molar-refractivity contribution in [2.75, 3.05) is 42.3 Å². The largest absolute Gasteiger partial charge is 0.399 e. The normalized spacial score (nSPS) is 14.4. The minimum absolute atomic E-state index is 0.250. The lowest BCUT2D eigenvalue weighted by atomic mass is 10.2. The second-order valence-electron chi connectivity index (χ2n) is 6.09. The number of carbonyl (C=O) groups excluding carboxylic acids is 1.